The quantitative estimate of drug-likeness (QED) is 0.841. The number of hydrogen-bond acceptors (Lipinski definition) is 4. The number of thiophene rings is 1. The van der Waals surface area contributed by atoms with Gasteiger partial charge in [-0.1, -0.05) is 48.9 Å². The normalized spacial score (nSPS) is 10.3. The molecule has 1 aromatic heterocycles. The fraction of sp³-hybridized carbons (Fsp3) is 0.250. The summed E-state index contributed by atoms with van der Waals surface area (Å²) in [7, 11) is 1.31. The van der Waals surface area contributed by atoms with Gasteiger partial charge in [0, 0.05) is 0 Å². The fourth-order valence-corrected chi connectivity index (χ4v) is 3.59. The van der Waals surface area contributed by atoms with Crippen molar-refractivity contribution in [3.05, 3.63) is 51.4 Å². The Balaban J connectivity index is 2.22. The van der Waals surface area contributed by atoms with Crippen LogP contribution in [0.5, 0.6) is 0 Å². The van der Waals surface area contributed by atoms with E-state index in [4.69, 9.17) is 16.3 Å². The summed E-state index contributed by atoms with van der Waals surface area (Å²) in [5.74, 6) is -0.688. The molecule has 1 aromatic carbocycles. The second kappa shape index (κ2) is 7.42. The highest BCUT2D eigenvalue weighted by atomic mass is 35.5. The summed E-state index contributed by atoms with van der Waals surface area (Å²) in [6.07, 6.45) is 0.826. The van der Waals surface area contributed by atoms with E-state index in [0.717, 1.165) is 5.56 Å². The predicted molar refractivity (Wildman–Crippen MR) is 88.8 cm³/mol. The molecule has 0 aliphatic rings. The Morgan fingerprint density at radius 3 is 2.55 bits per heavy atom. The van der Waals surface area contributed by atoms with Crippen molar-refractivity contribution in [2.24, 2.45) is 0 Å². The van der Waals surface area contributed by atoms with Crippen molar-refractivity contribution < 1.29 is 14.3 Å². The van der Waals surface area contributed by atoms with E-state index in [2.05, 4.69) is 5.32 Å². The lowest BCUT2D eigenvalue weighted by atomic mass is 10.1. The lowest BCUT2D eigenvalue weighted by Crippen LogP contribution is -2.16. The summed E-state index contributed by atoms with van der Waals surface area (Å²) in [6, 6.07) is 9.39. The Labute approximate surface area is 138 Å². The molecule has 0 radical (unpaired) electrons. The van der Waals surface area contributed by atoms with Crippen LogP contribution in [-0.4, -0.2) is 19.0 Å². The Morgan fingerprint density at radius 1 is 1.27 bits per heavy atom. The van der Waals surface area contributed by atoms with Gasteiger partial charge in [0.25, 0.3) is 0 Å². The molecule has 22 heavy (non-hydrogen) atoms. The highest BCUT2D eigenvalue weighted by Crippen LogP contribution is 2.38. The van der Waals surface area contributed by atoms with E-state index in [9.17, 15) is 9.59 Å². The molecule has 1 N–H and O–H groups in total. The highest BCUT2D eigenvalue weighted by molar-refractivity contribution is 7.20. The van der Waals surface area contributed by atoms with Crippen molar-refractivity contribution in [2.45, 2.75) is 19.8 Å². The molecule has 1 amide bonds. The number of nitrogens with one attached hydrogen (secondary N) is 1. The van der Waals surface area contributed by atoms with Crippen LogP contribution in [0.15, 0.2) is 30.3 Å². The van der Waals surface area contributed by atoms with Crippen LogP contribution >= 0.6 is 22.9 Å². The average molecular weight is 338 g/mol. The summed E-state index contributed by atoms with van der Waals surface area (Å²) in [5.41, 5.74) is 1.95. The number of hydrogen-bond donors (Lipinski definition) is 1. The third kappa shape index (κ3) is 3.67. The Morgan fingerprint density at radius 2 is 1.95 bits per heavy atom. The number of anilines is 1. The van der Waals surface area contributed by atoms with E-state index >= 15 is 0 Å². The number of carbonyl (C=O) groups excluding carboxylic acids is 2. The largest absolute Gasteiger partial charge is 0.465 e. The monoisotopic (exact) mass is 337 g/mol. The number of amides is 1. The van der Waals surface area contributed by atoms with Crippen LogP contribution in [0.3, 0.4) is 0 Å². The summed E-state index contributed by atoms with van der Waals surface area (Å²) < 4.78 is 5.29. The van der Waals surface area contributed by atoms with Crippen molar-refractivity contribution in [1.29, 1.82) is 0 Å². The molecule has 0 aliphatic carbocycles. The van der Waals surface area contributed by atoms with Gasteiger partial charge in [0.15, 0.2) is 0 Å². The summed E-state index contributed by atoms with van der Waals surface area (Å²) in [6.45, 7) is 1.90. The SMILES string of the molecule is CCc1c(Cl)sc(NC(=O)Cc2ccccc2)c1C(=O)OC. The second-order valence-corrected chi connectivity index (χ2v) is 6.24. The van der Waals surface area contributed by atoms with Gasteiger partial charge in [-0.2, -0.15) is 0 Å². The van der Waals surface area contributed by atoms with Gasteiger partial charge in [-0.05, 0) is 17.5 Å². The summed E-state index contributed by atoms with van der Waals surface area (Å²) in [4.78, 5) is 24.1. The fourth-order valence-electron chi connectivity index (χ4n) is 2.11. The molecule has 0 saturated carbocycles. The Hall–Kier alpha value is -1.85. The molecule has 0 aliphatic heterocycles. The molecule has 2 rings (SSSR count). The molecule has 0 unspecified atom stereocenters. The van der Waals surface area contributed by atoms with Crippen LogP contribution < -0.4 is 5.32 Å². The first kappa shape index (κ1) is 16.5. The van der Waals surface area contributed by atoms with Gasteiger partial charge in [-0.25, -0.2) is 4.79 Å². The number of benzene rings is 1. The van der Waals surface area contributed by atoms with Gasteiger partial charge in [0.05, 0.1) is 23.4 Å². The number of ether oxygens (including phenoxy) is 1. The molecule has 0 atom stereocenters. The lowest BCUT2D eigenvalue weighted by Gasteiger charge is -2.07. The zero-order valence-corrected chi connectivity index (χ0v) is 13.9. The first-order chi connectivity index (χ1) is 10.6. The third-order valence-electron chi connectivity index (χ3n) is 3.16. The molecule has 6 heteroatoms. The first-order valence-electron chi connectivity index (χ1n) is 6.80. The van der Waals surface area contributed by atoms with Crippen LogP contribution in [0.2, 0.25) is 4.34 Å². The maximum atomic E-state index is 12.2. The topological polar surface area (TPSA) is 55.4 Å². The molecular formula is C16H16ClNO3S. The van der Waals surface area contributed by atoms with Crippen LogP contribution in [-0.2, 0) is 22.4 Å². The Kier molecular flexibility index (Phi) is 5.57. The number of esters is 1. The van der Waals surface area contributed by atoms with E-state index in [1.54, 1.807) is 0 Å². The summed E-state index contributed by atoms with van der Waals surface area (Å²) in [5, 5.41) is 3.20. The molecule has 0 fully saturated rings. The van der Waals surface area contributed by atoms with E-state index in [1.165, 1.54) is 18.4 Å². The predicted octanol–water partition coefficient (Wildman–Crippen LogP) is 3.93. The number of methoxy groups -OCH3 is 1. The maximum Gasteiger partial charge on any atom is 0.341 e. The van der Waals surface area contributed by atoms with E-state index in [-0.39, 0.29) is 12.3 Å². The highest BCUT2D eigenvalue weighted by Gasteiger charge is 2.23. The van der Waals surface area contributed by atoms with Crippen molar-refractivity contribution in [1.82, 2.24) is 0 Å². The maximum absolute atomic E-state index is 12.2. The van der Waals surface area contributed by atoms with Gasteiger partial charge >= 0.3 is 5.97 Å². The van der Waals surface area contributed by atoms with Crippen LogP contribution in [0, 0.1) is 0 Å². The van der Waals surface area contributed by atoms with E-state index in [0.29, 0.717) is 26.9 Å². The van der Waals surface area contributed by atoms with Gasteiger partial charge in [-0.15, -0.1) is 11.3 Å². The van der Waals surface area contributed by atoms with Gasteiger partial charge in [0.1, 0.15) is 5.00 Å². The molecule has 0 saturated heterocycles. The lowest BCUT2D eigenvalue weighted by molar-refractivity contribution is -0.115. The molecule has 0 spiro atoms. The minimum absolute atomic E-state index is 0.197. The first-order valence-corrected chi connectivity index (χ1v) is 7.99. The van der Waals surface area contributed by atoms with Crippen LogP contribution in [0.1, 0.15) is 28.4 Å². The molecular weight excluding hydrogens is 322 g/mol. The van der Waals surface area contributed by atoms with Gasteiger partial charge in [0.2, 0.25) is 5.91 Å². The van der Waals surface area contributed by atoms with E-state index in [1.807, 2.05) is 37.3 Å². The zero-order chi connectivity index (χ0) is 16.1. The Bertz CT molecular complexity index is 682. The number of carbonyl (C=O) groups is 2. The average Bonchev–Trinajstić information content (AvgIpc) is 2.82. The van der Waals surface area contributed by atoms with Crippen molar-refractivity contribution >= 4 is 39.8 Å². The smallest absolute Gasteiger partial charge is 0.341 e. The van der Waals surface area contributed by atoms with Crippen LogP contribution in [0.25, 0.3) is 0 Å². The zero-order valence-electron chi connectivity index (χ0n) is 12.3. The number of halogens is 1. The van der Waals surface area contributed by atoms with Crippen molar-refractivity contribution in [2.75, 3.05) is 12.4 Å². The van der Waals surface area contributed by atoms with Crippen LogP contribution in [0.4, 0.5) is 5.00 Å². The standard InChI is InChI=1S/C16H16ClNO3S/c1-3-11-13(16(20)21-2)15(22-14(11)17)18-12(19)9-10-7-5-4-6-8-10/h4-8H,3,9H2,1-2H3,(H,18,19). The second-order valence-electron chi connectivity index (χ2n) is 4.61. The molecule has 1 heterocycles. The molecule has 0 bridgehead atoms. The van der Waals surface area contributed by atoms with Crippen molar-refractivity contribution in [3.8, 4) is 0 Å². The minimum atomic E-state index is -0.491. The minimum Gasteiger partial charge on any atom is -0.465 e. The molecule has 116 valence electrons. The molecule has 4 nitrogen and oxygen atoms in total. The van der Waals surface area contributed by atoms with Gasteiger partial charge in [-0.3, -0.25) is 4.79 Å². The van der Waals surface area contributed by atoms with Crippen molar-refractivity contribution in [3.63, 3.8) is 0 Å². The number of rotatable bonds is 5. The third-order valence-corrected chi connectivity index (χ3v) is 4.56. The summed E-state index contributed by atoms with van der Waals surface area (Å²) >= 11 is 7.34. The van der Waals surface area contributed by atoms with E-state index < -0.39 is 5.97 Å². The molecule has 2 aromatic rings. The van der Waals surface area contributed by atoms with Gasteiger partial charge < -0.3 is 10.1 Å².